The molecule has 4 N–H and O–H groups in total. The van der Waals surface area contributed by atoms with Crippen molar-refractivity contribution in [3.05, 3.63) is 0 Å². The van der Waals surface area contributed by atoms with Crippen LogP contribution in [0.4, 0.5) is 9.59 Å². The average molecular weight is 627 g/mol. The number of aliphatic hydroxyl groups excluding tert-OH is 1. The Kier molecular flexibility index (Phi) is 13.0. The van der Waals surface area contributed by atoms with Crippen LogP contribution in [0.15, 0.2) is 0 Å². The molecule has 3 aliphatic rings. The van der Waals surface area contributed by atoms with Gasteiger partial charge in [0.25, 0.3) is 0 Å². The van der Waals surface area contributed by atoms with Gasteiger partial charge in [-0.15, -0.1) is 0 Å². The van der Waals surface area contributed by atoms with Crippen LogP contribution >= 0.6 is 0 Å². The summed E-state index contributed by atoms with van der Waals surface area (Å²) in [6.45, 7) is 9.37. The molecule has 3 aliphatic heterocycles. The number of fused-ring (bicyclic) bond motifs is 2. The average Bonchev–Trinajstić information content (AvgIpc) is 3.35. The number of rotatable bonds is 10. The second-order valence-corrected chi connectivity index (χ2v) is 14.1. The van der Waals surface area contributed by atoms with Crippen molar-refractivity contribution in [3.8, 4) is 0 Å². The molecule has 16 heteroatoms. The Balaban J connectivity index is 0.00000616. The normalized spacial score (nSPS) is 26.0. The summed E-state index contributed by atoms with van der Waals surface area (Å²) >= 11 is 0. The van der Waals surface area contributed by atoms with E-state index >= 15 is 0 Å². The topological polar surface area (TPSA) is 203 Å². The summed E-state index contributed by atoms with van der Waals surface area (Å²) in [6, 6.07) is -3.00. The van der Waals surface area contributed by atoms with Crippen molar-refractivity contribution in [2.75, 3.05) is 6.54 Å². The molecule has 2 bridgehead atoms. The zero-order chi connectivity index (χ0) is 30.7. The van der Waals surface area contributed by atoms with Crippen molar-refractivity contribution in [2.45, 2.75) is 121 Å². The van der Waals surface area contributed by atoms with E-state index in [4.69, 9.17) is 9.47 Å². The predicted molar refractivity (Wildman–Crippen MR) is 144 cm³/mol. The van der Waals surface area contributed by atoms with Gasteiger partial charge in [0.05, 0.1) is 6.04 Å². The minimum Gasteiger partial charge on any atom is -0.746 e. The number of carbonyl (C=O) groups is 4. The number of nitrogens with one attached hydrogen (secondary N) is 3. The number of carbonyl (C=O) groups excluding carboxylic acids is 4. The van der Waals surface area contributed by atoms with Crippen LogP contribution in [-0.2, 0) is 29.2 Å². The van der Waals surface area contributed by atoms with E-state index < -0.39 is 63.4 Å². The third-order valence-electron chi connectivity index (χ3n) is 7.55. The molecule has 234 valence electrons. The SMILES string of the molecule is CC(C)C[C@H](NC(=O)OC1CC2CCC(C1)N2C(=O)OC(C)(C)C)C(=O)N[C@@H](C[C@H]1CCNC1=O)C(O)S(=O)(=O)[O-].[Na+]. The van der Waals surface area contributed by atoms with Crippen LogP contribution in [0, 0.1) is 11.8 Å². The Morgan fingerprint density at radius 3 is 2.19 bits per heavy atom. The molecule has 3 heterocycles. The van der Waals surface area contributed by atoms with Crippen LogP contribution in [0.2, 0.25) is 0 Å². The Labute approximate surface area is 269 Å². The van der Waals surface area contributed by atoms with Crippen LogP contribution in [-0.4, -0.2) is 94.8 Å². The molecule has 14 nitrogen and oxygen atoms in total. The Morgan fingerprint density at radius 2 is 1.71 bits per heavy atom. The van der Waals surface area contributed by atoms with Crippen molar-refractivity contribution in [1.29, 1.82) is 0 Å². The van der Waals surface area contributed by atoms with E-state index in [0.29, 0.717) is 25.8 Å². The van der Waals surface area contributed by atoms with E-state index in [2.05, 4.69) is 16.0 Å². The summed E-state index contributed by atoms with van der Waals surface area (Å²) in [4.78, 5) is 52.5. The molecule has 3 fully saturated rings. The number of piperidine rings is 1. The third kappa shape index (κ3) is 10.2. The Hall–Kier alpha value is -1.65. The first kappa shape index (κ1) is 36.5. The van der Waals surface area contributed by atoms with Gasteiger partial charge in [0.1, 0.15) is 27.9 Å². The van der Waals surface area contributed by atoms with Gasteiger partial charge in [-0.3, -0.25) is 9.59 Å². The fourth-order valence-electron chi connectivity index (χ4n) is 5.77. The molecule has 3 unspecified atom stereocenters. The zero-order valence-electron chi connectivity index (χ0n) is 25.3. The van der Waals surface area contributed by atoms with Gasteiger partial charge in [0.15, 0.2) is 5.44 Å². The number of hydrogen-bond donors (Lipinski definition) is 4. The quantitative estimate of drug-likeness (QED) is 0.154. The van der Waals surface area contributed by atoms with Crippen molar-refractivity contribution >= 4 is 34.1 Å². The van der Waals surface area contributed by atoms with E-state index in [9.17, 15) is 37.3 Å². The van der Waals surface area contributed by atoms with Crippen LogP contribution in [0.1, 0.15) is 79.6 Å². The maximum absolute atomic E-state index is 13.2. The first-order valence-electron chi connectivity index (χ1n) is 14.1. The Bertz CT molecular complexity index is 1090. The van der Waals surface area contributed by atoms with E-state index in [1.165, 1.54) is 0 Å². The number of alkyl carbamates (subject to hydrolysis) is 1. The first-order valence-corrected chi connectivity index (χ1v) is 15.6. The molecule has 0 radical (unpaired) electrons. The number of nitrogens with zero attached hydrogens (tertiary/aromatic N) is 1. The van der Waals surface area contributed by atoms with Gasteiger partial charge in [-0.25, -0.2) is 18.0 Å². The summed E-state index contributed by atoms with van der Waals surface area (Å²) in [5.41, 5.74) is -3.11. The molecule has 42 heavy (non-hydrogen) atoms. The van der Waals surface area contributed by atoms with Crippen LogP contribution in [0.3, 0.4) is 0 Å². The smallest absolute Gasteiger partial charge is 0.746 e. The van der Waals surface area contributed by atoms with E-state index in [-0.39, 0.29) is 66.3 Å². The summed E-state index contributed by atoms with van der Waals surface area (Å²) < 4.78 is 45.9. The van der Waals surface area contributed by atoms with Crippen molar-refractivity contribution in [2.24, 2.45) is 11.8 Å². The maximum atomic E-state index is 13.2. The van der Waals surface area contributed by atoms with E-state index in [1.807, 2.05) is 13.8 Å². The molecular weight excluding hydrogens is 583 g/mol. The molecule has 0 spiro atoms. The fourth-order valence-corrected chi connectivity index (χ4v) is 6.36. The number of ether oxygens (including phenoxy) is 2. The Morgan fingerprint density at radius 1 is 1.12 bits per heavy atom. The number of aliphatic hydroxyl groups is 1. The van der Waals surface area contributed by atoms with Crippen LogP contribution in [0.25, 0.3) is 0 Å². The van der Waals surface area contributed by atoms with Crippen molar-refractivity contribution < 1.29 is 76.3 Å². The molecular formula is C26H43N4NaO10S. The standard InChI is InChI=1S/C26H44N4O10S.Na/c1-14(2)10-19(22(32)28-20(23(33)41(36,37)38)11-15-8-9-27-21(15)31)29-24(34)39-18-12-16-6-7-17(13-18)30(16)25(35)40-26(3,4)5;/h14-20,23,33H,6-13H2,1-5H3,(H,27,31)(H,28,32)(H,29,34)(H,36,37,38);/q;+1/p-1/t15-,16?,17?,18?,19+,20+,23?;/m1./s1. The molecule has 3 saturated heterocycles. The van der Waals surface area contributed by atoms with Gasteiger partial charge in [0.2, 0.25) is 11.8 Å². The van der Waals surface area contributed by atoms with Gasteiger partial charge in [-0.2, -0.15) is 0 Å². The van der Waals surface area contributed by atoms with Gasteiger partial charge < -0.3 is 40.0 Å². The van der Waals surface area contributed by atoms with Gasteiger partial charge >= 0.3 is 41.7 Å². The summed E-state index contributed by atoms with van der Waals surface area (Å²) in [6.07, 6.45) is 0.855. The second kappa shape index (κ2) is 14.9. The summed E-state index contributed by atoms with van der Waals surface area (Å²) in [7, 11) is -5.21. The summed E-state index contributed by atoms with van der Waals surface area (Å²) in [5, 5.41) is 17.7. The van der Waals surface area contributed by atoms with Crippen LogP contribution < -0.4 is 45.5 Å². The maximum Gasteiger partial charge on any atom is 1.00 e. The van der Waals surface area contributed by atoms with Gasteiger partial charge in [0, 0.05) is 37.4 Å². The molecule has 0 aromatic rings. The van der Waals surface area contributed by atoms with Gasteiger partial charge in [-0.1, -0.05) is 13.8 Å². The van der Waals surface area contributed by atoms with Crippen LogP contribution in [0.5, 0.6) is 0 Å². The minimum absolute atomic E-state index is 0. The molecule has 0 aromatic carbocycles. The first-order chi connectivity index (χ1) is 18.9. The minimum atomic E-state index is -5.21. The molecule has 0 aromatic heterocycles. The monoisotopic (exact) mass is 626 g/mol. The second-order valence-electron chi connectivity index (χ2n) is 12.6. The van der Waals surface area contributed by atoms with Gasteiger partial charge in [-0.05, 0) is 58.8 Å². The molecule has 3 rings (SSSR count). The van der Waals surface area contributed by atoms with E-state index in [1.54, 1.807) is 25.7 Å². The summed E-state index contributed by atoms with van der Waals surface area (Å²) in [5.74, 6) is -1.96. The van der Waals surface area contributed by atoms with E-state index in [0.717, 1.165) is 12.8 Å². The molecule has 6 atom stereocenters. The molecule has 4 amide bonds. The largest absolute Gasteiger partial charge is 1.00 e. The fraction of sp³-hybridized carbons (Fsp3) is 0.846. The predicted octanol–water partition coefficient (Wildman–Crippen LogP) is -2.06. The molecule has 0 aliphatic carbocycles. The number of hydrogen-bond acceptors (Lipinski definition) is 10. The van der Waals surface area contributed by atoms with Crippen molar-refractivity contribution in [3.63, 3.8) is 0 Å². The third-order valence-corrected chi connectivity index (χ3v) is 8.47. The van der Waals surface area contributed by atoms with Crippen molar-refractivity contribution in [1.82, 2.24) is 20.9 Å². The number of amides is 4. The zero-order valence-corrected chi connectivity index (χ0v) is 28.1. The molecule has 0 saturated carbocycles.